The lowest BCUT2D eigenvalue weighted by atomic mass is 9.52. The molecule has 1 aliphatic heterocycles. The first-order valence-electron chi connectivity index (χ1n) is 12.6. The smallest absolute Gasteiger partial charge is 0.260 e. The summed E-state index contributed by atoms with van der Waals surface area (Å²) in [7, 11) is 0. The summed E-state index contributed by atoms with van der Waals surface area (Å²) in [6.45, 7) is 2.20. The monoisotopic (exact) mass is 480 g/mol. The van der Waals surface area contributed by atoms with Crippen molar-refractivity contribution >= 4 is 17.3 Å². The van der Waals surface area contributed by atoms with Crippen molar-refractivity contribution in [3.05, 3.63) is 168 Å². The van der Waals surface area contributed by atoms with E-state index >= 15 is 0 Å². The Bertz CT molecular complexity index is 1410. The van der Waals surface area contributed by atoms with Crippen LogP contribution in [0.25, 0.3) is 0 Å². The maximum atomic E-state index is 14.9. The van der Waals surface area contributed by atoms with Gasteiger partial charge in [-0.2, -0.15) is 0 Å². The van der Waals surface area contributed by atoms with Gasteiger partial charge in [0.25, 0.3) is 5.91 Å². The first-order chi connectivity index (χ1) is 18.2. The second kappa shape index (κ2) is 9.11. The van der Waals surface area contributed by atoms with Gasteiger partial charge in [-0.1, -0.05) is 127 Å². The minimum Gasteiger partial charge on any atom is -0.271 e. The van der Waals surface area contributed by atoms with Gasteiger partial charge in [-0.25, -0.2) is 5.01 Å². The van der Waals surface area contributed by atoms with Crippen LogP contribution in [0.1, 0.15) is 23.6 Å². The minimum absolute atomic E-state index is 0.0314. The molecule has 3 nitrogen and oxygen atoms in total. The van der Waals surface area contributed by atoms with Crippen LogP contribution in [0.4, 0.5) is 11.4 Å². The molecule has 5 aromatic rings. The predicted molar refractivity (Wildman–Crippen MR) is 149 cm³/mol. The molecule has 1 heterocycles. The molecule has 180 valence electrons. The fourth-order valence-corrected chi connectivity index (χ4v) is 5.94. The molecular weight excluding hydrogens is 452 g/mol. The van der Waals surface area contributed by atoms with E-state index in [-0.39, 0.29) is 5.91 Å². The van der Waals surface area contributed by atoms with Crippen LogP contribution in [0.2, 0.25) is 0 Å². The van der Waals surface area contributed by atoms with E-state index in [0.717, 1.165) is 28.1 Å². The fourth-order valence-electron chi connectivity index (χ4n) is 5.94. The largest absolute Gasteiger partial charge is 0.271 e. The summed E-state index contributed by atoms with van der Waals surface area (Å²) >= 11 is 0. The van der Waals surface area contributed by atoms with Gasteiger partial charge in [-0.05, 0) is 47.9 Å². The van der Waals surface area contributed by atoms with Crippen LogP contribution >= 0.6 is 0 Å². The molecule has 37 heavy (non-hydrogen) atoms. The van der Waals surface area contributed by atoms with Gasteiger partial charge in [0.05, 0.1) is 11.4 Å². The van der Waals surface area contributed by atoms with Crippen LogP contribution in [0.3, 0.4) is 0 Å². The van der Waals surface area contributed by atoms with Crippen LogP contribution < -0.4 is 5.01 Å². The highest BCUT2D eigenvalue weighted by molar-refractivity contribution is 6.03. The molecule has 3 heteroatoms. The Morgan fingerprint density at radius 1 is 0.486 bits per heavy atom. The van der Waals surface area contributed by atoms with E-state index < -0.39 is 11.0 Å². The zero-order chi connectivity index (χ0) is 25.3. The molecule has 1 fully saturated rings. The third-order valence-electron chi connectivity index (χ3n) is 7.62. The van der Waals surface area contributed by atoms with E-state index in [1.54, 1.807) is 0 Å². The molecule has 6 rings (SSSR count). The molecule has 0 bridgehead atoms. The van der Waals surface area contributed by atoms with E-state index in [1.807, 2.05) is 83.9 Å². The molecule has 0 saturated carbocycles. The SMILES string of the molecule is CC1(c2ccccc2)N(N(c2ccccc2)c2ccccc2)C(=O)C1(c1ccccc1)c1ccccc1. The molecule has 1 amide bonds. The van der Waals surface area contributed by atoms with Gasteiger partial charge in [0, 0.05) is 0 Å². The number of rotatable bonds is 6. The van der Waals surface area contributed by atoms with E-state index in [4.69, 9.17) is 0 Å². The molecule has 0 aliphatic carbocycles. The van der Waals surface area contributed by atoms with Crippen molar-refractivity contribution in [3.63, 3.8) is 0 Å². The maximum Gasteiger partial charge on any atom is 0.260 e. The molecule has 0 N–H and O–H groups in total. The summed E-state index contributed by atoms with van der Waals surface area (Å²) in [5, 5.41) is 4.02. The number of nitrogens with zero attached hydrogens (tertiary/aromatic N) is 2. The molecule has 0 aromatic heterocycles. The number of carbonyl (C=O) groups excluding carboxylic acids is 1. The van der Waals surface area contributed by atoms with Gasteiger partial charge in [0.2, 0.25) is 0 Å². The molecule has 1 saturated heterocycles. The van der Waals surface area contributed by atoms with Crippen LogP contribution in [-0.4, -0.2) is 10.9 Å². The Kier molecular flexibility index (Phi) is 5.61. The lowest BCUT2D eigenvalue weighted by Crippen LogP contribution is -2.80. The number of hydrogen-bond donors (Lipinski definition) is 0. The number of hydrogen-bond acceptors (Lipinski definition) is 2. The van der Waals surface area contributed by atoms with Crippen LogP contribution in [0.15, 0.2) is 152 Å². The Morgan fingerprint density at radius 3 is 1.19 bits per heavy atom. The molecule has 1 atom stereocenters. The van der Waals surface area contributed by atoms with Gasteiger partial charge in [-0.3, -0.25) is 9.80 Å². The lowest BCUT2D eigenvalue weighted by Gasteiger charge is -2.66. The fraction of sp³-hybridized carbons (Fsp3) is 0.0882. The van der Waals surface area contributed by atoms with Crippen molar-refractivity contribution in [2.75, 3.05) is 5.01 Å². The maximum absolute atomic E-state index is 14.9. The summed E-state index contributed by atoms with van der Waals surface area (Å²) in [5.41, 5.74) is 3.24. The van der Waals surface area contributed by atoms with Gasteiger partial charge in [0.1, 0.15) is 11.0 Å². The number of β-lactam (4-membered cyclic amide) rings is 1. The van der Waals surface area contributed by atoms with Gasteiger partial charge < -0.3 is 0 Å². The lowest BCUT2D eigenvalue weighted by molar-refractivity contribution is -0.173. The third kappa shape index (κ3) is 3.31. The first-order valence-corrected chi connectivity index (χ1v) is 12.6. The zero-order valence-electron chi connectivity index (χ0n) is 20.7. The van der Waals surface area contributed by atoms with Crippen molar-refractivity contribution in [2.24, 2.45) is 0 Å². The Morgan fingerprint density at radius 2 is 0.811 bits per heavy atom. The molecule has 0 spiro atoms. The molecular formula is C34H28N2O. The first kappa shape index (κ1) is 22.8. The quantitative estimate of drug-likeness (QED) is 0.235. The second-order valence-corrected chi connectivity index (χ2v) is 9.52. The van der Waals surface area contributed by atoms with E-state index in [2.05, 4.69) is 84.7 Å². The number of hydrazine groups is 1. The van der Waals surface area contributed by atoms with Crippen molar-refractivity contribution in [1.82, 2.24) is 5.01 Å². The topological polar surface area (TPSA) is 23.6 Å². The number of para-hydroxylation sites is 2. The Balaban J connectivity index is 1.67. The van der Waals surface area contributed by atoms with E-state index in [9.17, 15) is 4.79 Å². The standard InChI is InChI=1S/C34H28N2O/c1-33(27-17-7-2-8-18-27)34(28-19-9-3-10-20-28,29-21-11-4-12-22-29)32(37)36(33)35(30-23-13-5-14-24-30)31-25-15-6-16-26-31/h2-26H,1H3. The number of anilines is 2. The molecule has 0 radical (unpaired) electrons. The van der Waals surface area contributed by atoms with Crippen molar-refractivity contribution < 1.29 is 4.79 Å². The Labute approximate surface area is 218 Å². The summed E-state index contributed by atoms with van der Waals surface area (Å²) in [6, 6.07) is 51.1. The minimum atomic E-state index is -0.918. The average molecular weight is 481 g/mol. The summed E-state index contributed by atoms with van der Waals surface area (Å²) < 4.78 is 0. The molecule has 1 aliphatic rings. The highest BCUT2D eigenvalue weighted by Gasteiger charge is 2.73. The predicted octanol–water partition coefficient (Wildman–Crippen LogP) is 7.48. The summed E-state index contributed by atoms with van der Waals surface area (Å²) in [5.74, 6) is 0.0314. The number of amides is 1. The highest BCUT2D eigenvalue weighted by Crippen LogP contribution is 2.61. The molecule has 1 unspecified atom stereocenters. The number of benzene rings is 5. The highest BCUT2D eigenvalue weighted by atomic mass is 16.2. The summed E-state index contributed by atoms with van der Waals surface area (Å²) in [4.78, 5) is 14.9. The van der Waals surface area contributed by atoms with Crippen molar-refractivity contribution in [1.29, 1.82) is 0 Å². The zero-order valence-corrected chi connectivity index (χ0v) is 20.7. The van der Waals surface area contributed by atoms with Crippen molar-refractivity contribution in [2.45, 2.75) is 17.9 Å². The summed E-state index contributed by atoms with van der Waals surface area (Å²) in [6.07, 6.45) is 0. The second-order valence-electron chi connectivity index (χ2n) is 9.52. The average Bonchev–Trinajstić information content (AvgIpc) is 2.98. The van der Waals surface area contributed by atoms with Crippen LogP contribution in [-0.2, 0) is 15.7 Å². The van der Waals surface area contributed by atoms with Crippen molar-refractivity contribution in [3.8, 4) is 0 Å². The van der Waals surface area contributed by atoms with E-state index in [1.165, 1.54) is 0 Å². The number of carbonyl (C=O) groups is 1. The van der Waals surface area contributed by atoms with Gasteiger partial charge in [0.15, 0.2) is 0 Å². The Hall–Kier alpha value is -4.63. The molecule has 5 aromatic carbocycles. The van der Waals surface area contributed by atoms with Crippen LogP contribution in [0, 0.1) is 0 Å². The third-order valence-corrected chi connectivity index (χ3v) is 7.62. The van der Waals surface area contributed by atoms with Crippen LogP contribution in [0.5, 0.6) is 0 Å². The van der Waals surface area contributed by atoms with E-state index in [0.29, 0.717) is 0 Å². The van der Waals surface area contributed by atoms with Gasteiger partial charge >= 0.3 is 0 Å². The van der Waals surface area contributed by atoms with Gasteiger partial charge in [-0.15, -0.1) is 0 Å². The normalized spacial score (nSPS) is 18.2.